The van der Waals surface area contributed by atoms with Gasteiger partial charge in [0, 0.05) is 22.4 Å². The van der Waals surface area contributed by atoms with Crippen molar-refractivity contribution in [2.75, 3.05) is 6.54 Å². The number of hydrogen-bond donors (Lipinski definition) is 1. The predicted octanol–water partition coefficient (Wildman–Crippen LogP) is 4.63. The smallest absolute Gasteiger partial charge is 0.349 e. The molecule has 3 aromatic rings. The summed E-state index contributed by atoms with van der Waals surface area (Å²) in [7, 11) is 0. The zero-order valence-electron chi connectivity index (χ0n) is 13.5. The zero-order valence-corrected chi connectivity index (χ0v) is 15.1. The SMILES string of the molecule is Cc1nc(-c2ccc(CCNC(=O)C(F)(F)c3ccccc3)s2)cs1. The number of nitrogens with zero attached hydrogens (tertiary/aromatic N) is 1. The molecule has 0 bridgehead atoms. The van der Waals surface area contributed by atoms with E-state index in [0.717, 1.165) is 20.5 Å². The lowest BCUT2D eigenvalue weighted by Gasteiger charge is -2.16. The van der Waals surface area contributed by atoms with Crippen molar-refractivity contribution in [2.24, 2.45) is 0 Å². The third-order valence-corrected chi connectivity index (χ3v) is 5.55. The van der Waals surface area contributed by atoms with E-state index in [0.29, 0.717) is 6.42 Å². The Kier molecular flexibility index (Phi) is 5.24. The summed E-state index contributed by atoms with van der Waals surface area (Å²) in [6.07, 6.45) is 0.504. The highest BCUT2D eigenvalue weighted by Gasteiger charge is 2.40. The Morgan fingerprint density at radius 1 is 1.20 bits per heavy atom. The van der Waals surface area contributed by atoms with Gasteiger partial charge in [-0.05, 0) is 25.5 Å². The largest absolute Gasteiger partial charge is 0.350 e. The minimum absolute atomic E-state index is 0.164. The monoisotopic (exact) mass is 378 g/mol. The number of hydrogen-bond acceptors (Lipinski definition) is 4. The number of nitrogens with one attached hydrogen (secondary N) is 1. The van der Waals surface area contributed by atoms with E-state index in [1.54, 1.807) is 28.7 Å². The molecule has 0 saturated carbocycles. The highest BCUT2D eigenvalue weighted by Crippen LogP contribution is 2.30. The molecule has 1 aromatic carbocycles. The van der Waals surface area contributed by atoms with E-state index in [9.17, 15) is 13.6 Å². The van der Waals surface area contributed by atoms with Gasteiger partial charge in [0.2, 0.25) is 0 Å². The standard InChI is InChI=1S/C18H16F2N2OS2/c1-12-22-15(11-24-12)16-8-7-14(25-16)9-10-21-17(23)18(19,20)13-5-3-2-4-6-13/h2-8,11H,9-10H2,1H3,(H,21,23). The lowest BCUT2D eigenvalue weighted by Crippen LogP contribution is -2.39. The Balaban J connectivity index is 1.56. The number of aromatic nitrogens is 1. The number of carbonyl (C=O) groups excluding carboxylic acids is 1. The van der Waals surface area contributed by atoms with Crippen LogP contribution in [0, 0.1) is 6.92 Å². The molecular weight excluding hydrogens is 362 g/mol. The molecule has 0 aliphatic heterocycles. The van der Waals surface area contributed by atoms with E-state index in [2.05, 4.69) is 10.3 Å². The molecule has 130 valence electrons. The summed E-state index contributed by atoms with van der Waals surface area (Å²) in [4.78, 5) is 18.3. The molecule has 0 aliphatic rings. The first kappa shape index (κ1) is 17.7. The van der Waals surface area contributed by atoms with Gasteiger partial charge in [-0.15, -0.1) is 22.7 Å². The van der Waals surface area contributed by atoms with E-state index in [1.807, 2.05) is 24.4 Å². The summed E-state index contributed by atoms with van der Waals surface area (Å²) in [5, 5.41) is 5.32. The minimum atomic E-state index is -3.53. The molecule has 0 aliphatic carbocycles. The van der Waals surface area contributed by atoms with Gasteiger partial charge in [-0.3, -0.25) is 4.79 Å². The molecule has 0 spiro atoms. The van der Waals surface area contributed by atoms with Gasteiger partial charge in [-0.2, -0.15) is 8.78 Å². The van der Waals surface area contributed by atoms with Crippen LogP contribution in [0.5, 0.6) is 0 Å². The van der Waals surface area contributed by atoms with Gasteiger partial charge < -0.3 is 5.32 Å². The van der Waals surface area contributed by atoms with E-state index >= 15 is 0 Å². The second-order valence-electron chi connectivity index (χ2n) is 5.46. The van der Waals surface area contributed by atoms with Crippen molar-refractivity contribution in [2.45, 2.75) is 19.3 Å². The summed E-state index contributed by atoms with van der Waals surface area (Å²) in [5.41, 5.74) is 0.628. The normalized spacial score (nSPS) is 11.5. The van der Waals surface area contributed by atoms with Gasteiger partial charge >= 0.3 is 5.92 Å². The van der Waals surface area contributed by atoms with Crippen LogP contribution in [0.4, 0.5) is 8.78 Å². The molecule has 0 radical (unpaired) electrons. The molecule has 0 unspecified atom stereocenters. The van der Waals surface area contributed by atoms with Gasteiger partial charge in [0.05, 0.1) is 15.6 Å². The number of thiazole rings is 1. The van der Waals surface area contributed by atoms with Crippen molar-refractivity contribution in [1.29, 1.82) is 0 Å². The number of thiophene rings is 1. The summed E-state index contributed by atoms with van der Waals surface area (Å²) < 4.78 is 28.2. The molecule has 1 amide bonds. The first-order chi connectivity index (χ1) is 12.0. The minimum Gasteiger partial charge on any atom is -0.350 e. The Morgan fingerprint density at radius 2 is 1.96 bits per heavy atom. The van der Waals surface area contributed by atoms with Crippen LogP contribution < -0.4 is 5.32 Å². The molecule has 1 N–H and O–H groups in total. The van der Waals surface area contributed by atoms with Crippen LogP contribution in [0.1, 0.15) is 15.4 Å². The quantitative estimate of drug-likeness (QED) is 0.679. The molecule has 0 fully saturated rings. The average molecular weight is 378 g/mol. The molecule has 2 heterocycles. The number of halogens is 2. The molecule has 7 heteroatoms. The topological polar surface area (TPSA) is 42.0 Å². The van der Waals surface area contributed by atoms with Gasteiger partial charge in [0.15, 0.2) is 0 Å². The van der Waals surface area contributed by atoms with Gasteiger partial charge in [-0.25, -0.2) is 4.98 Å². The summed E-state index contributed by atoms with van der Waals surface area (Å²) in [5.74, 6) is -4.80. The number of benzene rings is 1. The molecule has 3 rings (SSSR count). The maximum atomic E-state index is 14.1. The number of carbonyl (C=O) groups is 1. The number of alkyl halides is 2. The maximum absolute atomic E-state index is 14.1. The van der Waals surface area contributed by atoms with E-state index < -0.39 is 11.8 Å². The van der Waals surface area contributed by atoms with Crippen molar-refractivity contribution < 1.29 is 13.6 Å². The highest BCUT2D eigenvalue weighted by molar-refractivity contribution is 7.16. The van der Waals surface area contributed by atoms with Crippen LogP contribution >= 0.6 is 22.7 Å². The predicted molar refractivity (Wildman–Crippen MR) is 97.2 cm³/mol. The highest BCUT2D eigenvalue weighted by atomic mass is 32.1. The Bertz CT molecular complexity index is 859. The fourth-order valence-electron chi connectivity index (χ4n) is 2.32. The van der Waals surface area contributed by atoms with Crippen LogP contribution in [0.2, 0.25) is 0 Å². The lowest BCUT2D eigenvalue weighted by molar-refractivity contribution is -0.146. The van der Waals surface area contributed by atoms with Crippen molar-refractivity contribution >= 4 is 28.6 Å². The second kappa shape index (κ2) is 7.41. The van der Waals surface area contributed by atoms with Crippen molar-refractivity contribution in [1.82, 2.24) is 10.3 Å². The third kappa shape index (κ3) is 4.11. The van der Waals surface area contributed by atoms with Gasteiger partial charge in [-0.1, -0.05) is 30.3 Å². The molecule has 0 saturated heterocycles. The van der Waals surface area contributed by atoms with Crippen LogP contribution in [0.25, 0.3) is 10.6 Å². The van der Waals surface area contributed by atoms with Crippen LogP contribution in [-0.2, 0) is 17.1 Å². The first-order valence-electron chi connectivity index (χ1n) is 7.69. The lowest BCUT2D eigenvalue weighted by atomic mass is 10.1. The Labute approximate surface area is 152 Å². The molecule has 3 nitrogen and oxygen atoms in total. The maximum Gasteiger partial charge on any atom is 0.349 e. The Hall–Kier alpha value is -2.12. The van der Waals surface area contributed by atoms with Crippen molar-refractivity contribution in [3.8, 4) is 10.6 Å². The molecule has 25 heavy (non-hydrogen) atoms. The number of amides is 1. The second-order valence-corrected chi connectivity index (χ2v) is 7.69. The van der Waals surface area contributed by atoms with E-state index in [-0.39, 0.29) is 12.1 Å². The summed E-state index contributed by atoms with van der Waals surface area (Å²) in [6, 6.07) is 11.0. The van der Waals surface area contributed by atoms with E-state index in [4.69, 9.17) is 0 Å². The fourth-order valence-corrected chi connectivity index (χ4v) is 3.97. The van der Waals surface area contributed by atoms with Crippen molar-refractivity contribution in [3.63, 3.8) is 0 Å². The average Bonchev–Trinajstić information content (AvgIpc) is 3.24. The first-order valence-corrected chi connectivity index (χ1v) is 9.39. The Morgan fingerprint density at radius 3 is 2.64 bits per heavy atom. The molecule has 2 aromatic heterocycles. The van der Waals surface area contributed by atoms with Crippen molar-refractivity contribution in [3.05, 3.63) is 63.3 Å². The third-order valence-electron chi connectivity index (χ3n) is 3.61. The fraction of sp³-hybridized carbons (Fsp3) is 0.222. The number of aryl methyl sites for hydroxylation is 1. The molecular formula is C18H16F2N2OS2. The summed E-state index contributed by atoms with van der Waals surface area (Å²) in [6.45, 7) is 2.11. The zero-order chi connectivity index (χ0) is 17.9. The van der Waals surface area contributed by atoms with E-state index in [1.165, 1.54) is 24.3 Å². The van der Waals surface area contributed by atoms with Crippen LogP contribution in [0.15, 0.2) is 47.8 Å². The van der Waals surface area contributed by atoms with Gasteiger partial charge in [0.25, 0.3) is 5.91 Å². The molecule has 0 atom stereocenters. The van der Waals surface area contributed by atoms with Gasteiger partial charge in [0.1, 0.15) is 0 Å². The van der Waals surface area contributed by atoms with Crippen LogP contribution in [0.3, 0.4) is 0 Å². The summed E-state index contributed by atoms with van der Waals surface area (Å²) >= 11 is 3.15. The number of rotatable bonds is 6. The van der Waals surface area contributed by atoms with Crippen LogP contribution in [-0.4, -0.2) is 17.4 Å².